The quantitative estimate of drug-likeness (QED) is 0.355. The highest BCUT2D eigenvalue weighted by atomic mass is 16.3. The third kappa shape index (κ3) is 4.80. The Morgan fingerprint density at radius 2 is 1.84 bits per heavy atom. The Balaban J connectivity index is 1.55. The number of imidazole rings is 1. The van der Waals surface area contributed by atoms with Crippen molar-refractivity contribution < 1.29 is 5.11 Å². The number of nitrogens with zero attached hydrogens (tertiary/aromatic N) is 5. The normalized spacial score (nSPS) is 11.2. The molecule has 4 rings (SSSR count). The molecule has 0 aliphatic carbocycles. The van der Waals surface area contributed by atoms with Crippen LogP contribution in [0.25, 0.3) is 22.4 Å². The molecule has 0 atom stereocenters. The van der Waals surface area contributed by atoms with E-state index in [1.165, 1.54) is 0 Å². The first-order chi connectivity index (χ1) is 15.2. The zero-order valence-electron chi connectivity index (χ0n) is 17.8. The fourth-order valence-electron chi connectivity index (χ4n) is 3.27. The van der Waals surface area contributed by atoms with Gasteiger partial charge in [0, 0.05) is 37.5 Å². The number of aliphatic hydroxyl groups excluding tert-OH is 1. The van der Waals surface area contributed by atoms with Crippen LogP contribution in [0.1, 0.15) is 31.9 Å². The van der Waals surface area contributed by atoms with Crippen molar-refractivity contribution in [3.8, 4) is 11.3 Å². The molecule has 0 fully saturated rings. The number of nitrogens with one attached hydrogen (secondary N) is 2. The van der Waals surface area contributed by atoms with Crippen LogP contribution in [0.4, 0.5) is 11.8 Å². The van der Waals surface area contributed by atoms with Gasteiger partial charge >= 0.3 is 0 Å². The maximum absolute atomic E-state index is 9.04. The standard InChI is InChI=1S/C23H27N7O/c1-16(2)30-15-27-20-21(28-23(29-22(20)30)24-11-6-12-31)26-14-17-9-10-19(25-13-17)18-7-4-3-5-8-18/h3-5,7-10,13,15-16,31H,6,11-12,14H2,1-2H3,(H2,24,26,28,29). The summed E-state index contributed by atoms with van der Waals surface area (Å²) in [6.45, 7) is 5.47. The lowest BCUT2D eigenvalue weighted by atomic mass is 10.1. The average Bonchev–Trinajstić information content (AvgIpc) is 3.23. The van der Waals surface area contributed by atoms with Crippen molar-refractivity contribution in [3.63, 3.8) is 0 Å². The summed E-state index contributed by atoms with van der Waals surface area (Å²) in [6, 6.07) is 14.4. The predicted octanol–water partition coefficient (Wildman–Crippen LogP) is 3.88. The third-order valence-corrected chi connectivity index (χ3v) is 4.95. The molecule has 0 aliphatic heterocycles. The summed E-state index contributed by atoms with van der Waals surface area (Å²) in [5.41, 5.74) is 4.59. The molecule has 4 aromatic rings. The molecule has 3 N–H and O–H groups in total. The van der Waals surface area contributed by atoms with Gasteiger partial charge < -0.3 is 20.3 Å². The Hall–Kier alpha value is -3.52. The van der Waals surface area contributed by atoms with Crippen LogP contribution in [0.5, 0.6) is 0 Å². The van der Waals surface area contributed by atoms with E-state index in [2.05, 4.69) is 50.5 Å². The third-order valence-electron chi connectivity index (χ3n) is 4.95. The van der Waals surface area contributed by atoms with E-state index in [1.807, 2.05) is 47.2 Å². The number of fused-ring (bicyclic) bond motifs is 1. The molecule has 0 amide bonds. The highest BCUT2D eigenvalue weighted by Gasteiger charge is 2.15. The van der Waals surface area contributed by atoms with Crippen molar-refractivity contribution in [2.75, 3.05) is 23.8 Å². The molecule has 0 aliphatic rings. The number of anilines is 2. The second-order valence-electron chi connectivity index (χ2n) is 7.59. The summed E-state index contributed by atoms with van der Waals surface area (Å²) in [5.74, 6) is 1.19. The zero-order valence-corrected chi connectivity index (χ0v) is 17.8. The number of rotatable bonds is 9. The van der Waals surface area contributed by atoms with Crippen molar-refractivity contribution in [2.24, 2.45) is 0 Å². The molecule has 0 unspecified atom stereocenters. The van der Waals surface area contributed by atoms with Crippen LogP contribution < -0.4 is 10.6 Å². The van der Waals surface area contributed by atoms with Crippen LogP contribution in [0.15, 0.2) is 55.0 Å². The van der Waals surface area contributed by atoms with Gasteiger partial charge in [-0.3, -0.25) is 4.98 Å². The first-order valence-electron chi connectivity index (χ1n) is 10.5. The summed E-state index contributed by atoms with van der Waals surface area (Å²) in [6.07, 6.45) is 4.30. The van der Waals surface area contributed by atoms with Gasteiger partial charge in [0.25, 0.3) is 0 Å². The van der Waals surface area contributed by atoms with Gasteiger partial charge in [-0.1, -0.05) is 36.4 Å². The number of benzene rings is 1. The van der Waals surface area contributed by atoms with Crippen molar-refractivity contribution in [3.05, 3.63) is 60.6 Å². The number of hydrogen-bond donors (Lipinski definition) is 3. The molecule has 0 spiro atoms. The van der Waals surface area contributed by atoms with Gasteiger partial charge in [0.2, 0.25) is 5.95 Å². The van der Waals surface area contributed by atoms with E-state index in [9.17, 15) is 0 Å². The minimum atomic E-state index is 0.121. The van der Waals surface area contributed by atoms with Gasteiger partial charge in [-0.2, -0.15) is 9.97 Å². The zero-order chi connectivity index (χ0) is 21.6. The lowest BCUT2D eigenvalue weighted by molar-refractivity contribution is 0.292. The first-order valence-corrected chi connectivity index (χ1v) is 10.5. The molecule has 0 saturated carbocycles. The van der Waals surface area contributed by atoms with Gasteiger partial charge in [-0.25, -0.2) is 4.98 Å². The van der Waals surface area contributed by atoms with Crippen molar-refractivity contribution in [2.45, 2.75) is 32.9 Å². The maximum atomic E-state index is 9.04. The Morgan fingerprint density at radius 3 is 2.55 bits per heavy atom. The molecule has 0 radical (unpaired) electrons. The van der Waals surface area contributed by atoms with E-state index in [0.29, 0.717) is 31.3 Å². The molecule has 8 nitrogen and oxygen atoms in total. The van der Waals surface area contributed by atoms with Crippen LogP contribution in [-0.4, -0.2) is 42.8 Å². The van der Waals surface area contributed by atoms with Gasteiger partial charge in [0.15, 0.2) is 17.0 Å². The van der Waals surface area contributed by atoms with Crippen LogP contribution >= 0.6 is 0 Å². The summed E-state index contributed by atoms with van der Waals surface area (Å²) in [7, 11) is 0. The highest BCUT2D eigenvalue weighted by Crippen LogP contribution is 2.24. The maximum Gasteiger partial charge on any atom is 0.226 e. The monoisotopic (exact) mass is 417 g/mol. The molecular formula is C23H27N7O. The number of aromatic nitrogens is 5. The summed E-state index contributed by atoms with van der Waals surface area (Å²) < 4.78 is 2.02. The Kier molecular flexibility index (Phi) is 6.37. The van der Waals surface area contributed by atoms with Crippen molar-refractivity contribution >= 4 is 22.9 Å². The number of aliphatic hydroxyl groups is 1. The van der Waals surface area contributed by atoms with Crippen LogP contribution in [-0.2, 0) is 6.54 Å². The Morgan fingerprint density at radius 1 is 1.00 bits per heavy atom. The van der Waals surface area contributed by atoms with E-state index in [4.69, 9.17) is 5.11 Å². The molecule has 1 aromatic carbocycles. The largest absolute Gasteiger partial charge is 0.396 e. The topological polar surface area (TPSA) is 101 Å². The first kappa shape index (κ1) is 20.7. The second-order valence-corrected chi connectivity index (χ2v) is 7.59. The SMILES string of the molecule is CC(C)n1cnc2c(NCc3ccc(-c4ccccc4)nc3)nc(NCCCO)nc21. The van der Waals surface area contributed by atoms with Crippen LogP contribution in [0.2, 0.25) is 0 Å². The molecule has 3 aromatic heterocycles. The van der Waals surface area contributed by atoms with E-state index in [1.54, 1.807) is 6.33 Å². The second kappa shape index (κ2) is 9.53. The number of hydrogen-bond acceptors (Lipinski definition) is 7. The molecule has 31 heavy (non-hydrogen) atoms. The smallest absolute Gasteiger partial charge is 0.226 e. The molecule has 0 saturated heterocycles. The molecule has 8 heteroatoms. The molecular weight excluding hydrogens is 390 g/mol. The lowest BCUT2D eigenvalue weighted by Gasteiger charge is -2.12. The fraction of sp³-hybridized carbons (Fsp3) is 0.304. The summed E-state index contributed by atoms with van der Waals surface area (Å²) >= 11 is 0. The van der Waals surface area contributed by atoms with E-state index in [-0.39, 0.29) is 12.6 Å². The summed E-state index contributed by atoms with van der Waals surface area (Å²) in [4.78, 5) is 18.4. The highest BCUT2D eigenvalue weighted by molar-refractivity contribution is 5.84. The van der Waals surface area contributed by atoms with E-state index >= 15 is 0 Å². The summed E-state index contributed by atoms with van der Waals surface area (Å²) in [5, 5.41) is 15.6. The van der Waals surface area contributed by atoms with Gasteiger partial charge in [0.1, 0.15) is 0 Å². The minimum absolute atomic E-state index is 0.121. The van der Waals surface area contributed by atoms with Gasteiger partial charge in [-0.05, 0) is 31.9 Å². The van der Waals surface area contributed by atoms with Crippen LogP contribution in [0, 0.1) is 0 Å². The Bertz CT molecular complexity index is 1120. The average molecular weight is 418 g/mol. The van der Waals surface area contributed by atoms with Crippen molar-refractivity contribution in [1.82, 2.24) is 24.5 Å². The molecule has 3 heterocycles. The van der Waals surface area contributed by atoms with E-state index in [0.717, 1.165) is 28.0 Å². The number of pyridine rings is 1. The molecule has 0 bridgehead atoms. The predicted molar refractivity (Wildman–Crippen MR) is 123 cm³/mol. The molecule has 160 valence electrons. The van der Waals surface area contributed by atoms with Crippen molar-refractivity contribution in [1.29, 1.82) is 0 Å². The van der Waals surface area contributed by atoms with E-state index < -0.39 is 0 Å². The Labute approximate surface area is 181 Å². The van der Waals surface area contributed by atoms with Gasteiger partial charge in [-0.15, -0.1) is 0 Å². The van der Waals surface area contributed by atoms with Crippen LogP contribution in [0.3, 0.4) is 0 Å². The lowest BCUT2D eigenvalue weighted by Crippen LogP contribution is -2.11. The fourth-order valence-corrected chi connectivity index (χ4v) is 3.27. The van der Waals surface area contributed by atoms with Gasteiger partial charge in [0.05, 0.1) is 12.0 Å². The minimum Gasteiger partial charge on any atom is -0.396 e.